The maximum atomic E-state index is 13.4. The highest BCUT2D eigenvalue weighted by atomic mass is 35.5. The Morgan fingerprint density at radius 2 is 2.09 bits per heavy atom. The highest BCUT2D eigenvalue weighted by Crippen LogP contribution is 2.31. The van der Waals surface area contributed by atoms with Crippen molar-refractivity contribution in [3.8, 4) is 11.3 Å². The van der Waals surface area contributed by atoms with Gasteiger partial charge in [0.2, 0.25) is 0 Å². The SMILES string of the molecule is COCc1c(-c2ccc(F)c(Cl)c2)oc2c(N)cccc2c1=O. The van der Waals surface area contributed by atoms with Gasteiger partial charge in [0, 0.05) is 12.7 Å². The van der Waals surface area contributed by atoms with Gasteiger partial charge < -0.3 is 14.9 Å². The van der Waals surface area contributed by atoms with E-state index in [2.05, 4.69) is 0 Å². The number of anilines is 1. The summed E-state index contributed by atoms with van der Waals surface area (Å²) in [5.41, 5.74) is 7.10. The lowest BCUT2D eigenvalue weighted by Gasteiger charge is -2.11. The van der Waals surface area contributed by atoms with Gasteiger partial charge in [-0.15, -0.1) is 0 Å². The van der Waals surface area contributed by atoms with E-state index < -0.39 is 5.82 Å². The van der Waals surface area contributed by atoms with Gasteiger partial charge >= 0.3 is 0 Å². The van der Waals surface area contributed by atoms with Crippen LogP contribution in [0, 0.1) is 5.82 Å². The molecular weight excluding hydrogens is 321 g/mol. The summed E-state index contributed by atoms with van der Waals surface area (Å²) in [5, 5.41) is 0.309. The summed E-state index contributed by atoms with van der Waals surface area (Å²) in [4.78, 5) is 12.7. The average molecular weight is 334 g/mol. The minimum atomic E-state index is -0.550. The van der Waals surface area contributed by atoms with Crippen molar-refractivity contribution in [1.82, 2.24) is 0 Å². The first-order valence-electron chi connectivity index (χ1n) is 6.81. The molecule has 23 heavy (non-hydrogen) atoms. The molecule has 3 aromatic rings. The number of rotatable bonds is 3. The number of benzene rings is 2. The van der Waals surface area contributed by atoms with Crippen molar-refractivity contribution < 1.29 is 13.5 Å². The number of methoxy groups -OCH3 is 1. The Balaban J connectivity index is 2.38. The largest absolute Gasteiger partial charge is 0.453 e. The maximum absolute atomic E-state index is 13.4. The Bertz CT molecular complexity index is 952. The summed E-state index contributed by atoms with van der Waals surface area (Å²) in [6.07, 6.45) is 0. The number of nitrogens with two attached hydrogens (primary N) is 1. The zero-order chi connectivity index (χ0) is 16.6. The van der Waals surface area contributed by atoms with Gasteiger partial charge in [-0.25, -0.2) is 4.39 Å². The molecule has 0 atom stereocenters. The number of ether oxygens (including phenoxy) is 1. The monoisotopic (exact) mass is 333 g/mol. The molecule has 2 N–H and O–H groups in total. The molecule has 0 aliphatic rings. The van der Waals surface area contributed by atoms with Crippen LogP contribution in [0.25, 0.3) is 22.3 Å². The third kappa shape index (κ3) is 2.69. The second kappa shape index (κ2) is 6.02. The summed E-state index contributed by atoms with van der Waals surface area (Å²) in [6, 6.07) is 9.07. The van der Waals surface area contributed by atoms with Crippen LogP contribution < -0.4 is 11.2 Å². The number of para-hydroxylation sites is 1. The second-order valence-electron chi connectivity index (χ2n) is 5.02. The molecule has 118 valence electrons. The number of nitrogen functional groups attached to an aromatic ring is 1. The molecule has 4 nitrogen and oxygen atoms in total. The molecule has 1 aromatic heterocycles. The van der Waals surface area contributed by atoms with Gasteiger partial charge in [0.15, 0.2) is 11.0 Å². The highest BCUT2D eigenvalue weighted by Gasteiger charge is 2.18. The molecule has 0 saturated heterocycles. The van der Waals surface area contributed by atoms with Crippen LogP contribution >= 0.6 is 11.6 Å². The second-order valence-corrected chi connectivity index (χ2v) is 5.43. The predicted molar refractivity (Wildman–Crippen MR) is 88.0 cm³/mol. The van der Waals surface area contributed by atoms with E-state index in [0.29, 0.717) is 22.2 Å². The molecular formula is C17H13ClFNO3. The lowest BCUT2D eigenvalue weighted by molar-refractivity contribution is 0.183. The highest BCUT2D eigenvalue weighted by molar-refractivity contribution is 6.31. The molecule has 3 rings (SSSR count). The van der Waals surface area contributed by atoms with E-state index in [0.717, 1.165) is 0 Å². The van der Waals surface area contributed by atoms with Crippen LogP contribution in [0.1, 0.15) is 5.56 Å². The van der Waals surface area contributed by atoms with Crippen LogP contribution in [0.2, 0.25) is 5.02 Å². The third-order valence-corrected chi connectivity index (χ3v) is 3.80. The van der Waals surface area contributed by atoms with Crippen molar-refractivity contribution in [2.24, 2.45) is 0 Å². The van der Waals surface area contributed by atoms with Gasteiger partial charge in [0.25, 0.3) is 0 Å². The number of halogens is 2. The number of fused-ring (bicyclic) bond motifs is 1. The van der Waals surface area contributed by atoms with Crippen LogP contribution in [0.15, 0.2) is 45.6 Å². The van der Waals surface area contributed by atoms with Gasteiger partial charge in [-0.3, -0.25) is 4.79 Å². The van der Waals surface area contributed by atoms with E-state index in [4.69, 9.17) is 26.5 Å². The zero-order valence-corrected chi connectivity index (χ0v) is 13.0. The lowest BCUT2D eigenvalue weighted by atomic mass is 10.0. The van der Waals surface area contributed by atoms with Crippen molar-refractivity contribution in [3.05, 3.63) is 63.0 Å². The molecule has 0 unspecified atom stereocenters. The Morgan fingerprint density at radius 3 is 2.78 bits per heavy atom. The summed E-state index contributed by atoms with van der Waals surface area (Å²) in [7, 11) is 1.48. The molecule has 0 bridgehead atoms. The quantitative estimate of drug-likeness (QED) is 0.736. The molecule has 0 saturated carbocycles. The molecule has 1 heterocycles. The van der Waals surface area contributed by atoms with Crippen LogP contribution in [-0.2, 0) is 11.3 Å². The first kappa shape index (κ1) is 15.5. The summed E-state index contributed by atoms with van der Waals surface area (Å²) in [5.74, 6) is -0.282. The molecule has 0 radical (unpaired) electrons. The van der Waals surface area contributed by atoms with Crippen LogP contribution in [0.5, 0.6) is 0 Å². The predicted octanol–water partition coefficient (Wildman–Crippen LogP) is 3.98. The summed E-state index contributed by atoms with van der Waals surface area (Å²) < 4.78 is 24.3. The van der Waals surface area contributed by atoms with Gasteiger partial charge in [-0.2, -0.15) is 0 Å². The minimum Gasteiger partial charge on any atom is -0.453 e. The van der Waals surface area contributed by atoms with Gasteiger partial charge in [0.1, 0.15) is 11.6 Å². The lowest BCUT2D eigenvalue weighted by Crippen LogP contribution is -2.12. The fourth-order valence-corrected chi connectivity index (χ4v) is 2.60. The number of hydrogen-bond acceptors (Lipinski definition) is 4. The molecule has 0 spiro atoms. The van der Waals surface area contributed by atoms with E-state index >= 15 is 0 Å². The zero-order valence-electron chi connectivity index (χ0n) is 12.2. The molecule has 2 aromatic carbocycles. The Hall–Kier alpha value is -2.37. The Kier molecular flexibility index (Phi) is 4.07. The average Bonchev–Trinajstić information content (AvgIpc) is 2.53. The molecule has 0 amide bonds. The fourth-order valence-electron chi connectivity index (χ4n) is 2.42. The van der Waals surface area contributed by atoms with Crippen molar-refractivity contribution >= 4 is 28.3 Å². The normalized spacial score (nSPS) is 11.1. The molecule has 6 heteroatoms. The van der Waals surface area contributed by atoms with E-state index in [1.54, 1.807) is 18.2 Å². The Labute approximate surface area is 136 Å². The van der Waals surface area contributed by atoms with Gasteiger partial charge in [0.05, 0.1) is 28.3 Å². The summed E-state index contributed by atoms with van der Waals surface area (Å²) >= 11 is 5.83. The molecule has 0 fully saturated rings. The van der Waals surface area contributed by atoms with Gasteiger partial charge in [-0.1, -0.05) is 17.7 Å². The molecule has 0 aliphatic carbocycles. The van der Waals surface area contributed by atoms with Crippen LogP contribution in [0.3, 0.4) is 0 Å². The fraction of sp³-hybridized carbons (Fsp3) is 0.118. The summed E-state index contributed by atoms with van der Waals surface area (Å²) in [6.45, 7) is 0.0530. The third-order valence-electron chi connectivity index (χ3n) is 3.51. The van der Waals surface area contributed by atoms with Crippen LogP contribution in [-0.4, -0.2) is 7.11 Å². The standard InChI is InChI=1S/C17H13ClFNO3/c1-22-8-11-15(21)10-3-2-4-14(20)17(10)23-16(11)9-5-6-13(19)12(18)7-9/h2-7H,8,20H2,1H3. The number of hydrogen-bond donors (Lipinski definition) is 1. The Morgan fingerprint density at radius 1 is 1.30 bits per heavy atom. The van der Waals surface area contributed by atoms with Crippen molar-refractivity contribution in [2.75, 3.05) is 12.8 Å². The molecule has 0 aliphatic heterocycles. The van der Waals surface area contributed by atoms with Crippen LogP contribution in [0.4, 0.5) is 10.1 Å². The van der Waals surface area contributed by atoms with E-state index in [1.807, 2.05) is 0 Å². The first-order valence-corrected chi connectivity index (χ1v) is 7.19. The van der Waals surface area contributed by atoms with Crippen molar-refractivity contribution in [2.45, 2.75) is 6.61 Å². The van der Waals surface area contributed by atoms with Crippen molar-refractivity contribution in [1.29, 1.82) is 0 Å². The topological polar surface area (TPSA) is 65.5 Å². The van der Waals surface area contributed by atoms with Crippen molar-refractivity contribution in [3.63, 3.8) is 0 Å². The maximum Gasteiger partial charge on any atom is 0.198 e. The van der Waals surface area contributed by atoms with E-state index in [9.17, 15) is 9.18 Å². The first-order chi connectivity index (χ1) is 11.0. The van der Waals surface area contributed by atoms with Gasteiger partial charge in [-0.05, 0) is 30.3 Å². The van der Waals surface area contributed by atoms with E-state index in [-0.39, 0.29) is 28.4 Å². The smallest absolute Gasteiger partial charge is 0.198 e. The van der Waals surface area contributed by atoms with E-state index in [1.165, 1.54) is 25.3 Å². The minimum absolute atomic E-state index is 0.0530.